The van der Waals surface area contributed by atoms with Gasteiger partial charge in [0.05, 0.1) is 15.8 Å². The maximum absolute atomic E-state index is 13.1. The quantitative estimate of drug-likeness (QED) is 0.328. The van der Waals surface area contributed by atoms with E-state index < -0.39 is 8.32 Å². The monoisotopic (exact) mass is 526 g/mol. The molecule has 0 fully saturated rings. The van der Waals surface area contributed by atoms with Crippen LogP contribution in [0.4, 0.5) is 5.69 Å². The standard InChI is InChI=1S/C27H31ClN2O3SSi/c1-27(2,3)35(4,5)33-17-19-9-6-8-18(14-19)15-30-16-21-20(26(30)32)10-7-11-22(21)29-25(31)23-12-13-24(28)34-23/h6-14H,15-17H2,1-5H3,(H,29,31). The summed E-state index contributed by atoms with van der Waals surface area (Å²) in [6.45, 7) is 12.7. The molecule has 35 heavy (non-hydrogen) atoms. The van der Waals surface area contributed by atoms with E-state index in [-0.39, 0.29) is 16.9 Å². The van der Waals surface area contributed by atoms with Crippen molar-refractivity contribution in [1.82, 2.24) is 4.90 Å². The number of fused-ring (bicyclic) bond motifs is 1. The molecule has 2 heterocycles. The average molecular weight is 527 g/mol. The van der Waals surface area contributed by atoms with E-state index >= 15 is 0 Å². The maximum atomic E-state index is 13.1. The summed E-state index contributed by atoms with van der Waals surface area (Å²) < 4.78 is 6.94. The first-order valence-corrected chi connectivity index (χ1v) is 15.7. The van der Waals surface area contributed by atoms with E-state index in [2.05, 4.69) is 51.3 Å². The van der Waals surface area contributed by atoms with Crippen LogP contribution in [0.3, 0.4) is 0 Å². The van der Waals surface area contributed by atoms with E-state index in [1.807, 2.05) is 29.2 Å². The van der Waals surface area contributed by atoms with E-state index in [0.29, 0.717) is 40.2 Å². The number of benzene rings is 2. The predicted octanol–water partition coefficient (Wildman–Crippen LogP) is 7.33. The van der Waals surface area contributed by atoms with Crippen LogP contribution in [-0.2, 0) is 24.1 Å². The fourth-order valence-corrected chi connectivity index (χ4v) is 5.67. The molecule has 0 bridgehead atoms. The minimum atomic E-state index is -1.84. The van der Waals surface area contributed by atoms with Gasteiger partial charge in [0.1, 0.15) is 0 Å². The Labute approximate surface area is 217 Å². The number of hydrogen-bond donors (Lipinski definition) is 1. The van der Waals surface area contributed by atoms with Crippen molar-refractivity contribution in [3.05, 3.63) is 86.1 Å². The normalized spacial score (nSPS) is 13.8. The van der Waals surface area contributed by atoms with E-state index in [0.717, 1.165) is 16.7 Å². The molecule has 1 aliphatic heterocycles. The van der Waals surface area contributed by atoms with Crippen LogP contribution in [0.15, 0.2) is 54.6 Å². The Kier molecular flexibility index (Phi) is 7.25. The molecule has 0 aliphatic carbocycles. The summed E-state index contributed by atoms with van der Waals surface area (Å²) in [6, 6.07) is 17.1. The van der Waals surface area contributed by atoms with Crippen LogP contribution >= 0.6 is 22.9 Å². The summed E-state index contributed by atoms with van der Waals surface area (Å²) >= 11 is 7.20. The van der Waals surface area contributed by atoms with Gasteiger partial charge < -0.3 is 14.6 Å². The molecule has 5 nitrogen and oxygen atoms in total. The van der Waals surface area contributed by atoms with Crippen LogP contribution in [0.5, 0.6) is 0 Å². The van der Waals surface area contributed by atoms with E-state index in [1.54, 1.807) is 18.2 Å². The number of halogens is 1. The van der Waals surface area contributed by atoms with Gasteiger partial charge in [-0.15, -0.1) is 11.3 Å². The fraction of sp³-hybridized carbons (Fsp3) is 0.333. The number of thiophene rings is 1. The van der Waals surface area contributed by atoms with Gasteiger partial charge in [0.15, 0.2) is 8.32 Å². The second-order valence-electron chi connectivity index (χ2n) is 10.4. The second kappa shape index (κ2) is 9.89. The van der Waals surface area contributed by atoms with Crippen LogP contribution in [0.2, 0.25) is 22.5 Å². The third-order valence-electron chi connectivity index (χ3n) is 6.86. The van der Waals surface area contributed by atoms with Crippen LogP contribution in [-0.4, -0.2) is 25.0 Å². The number of carbonyl (C=O) groups is 2. The third kappa shape index (κ3) is 5.69. The SMILES string of the molecule is CC(C)(C)[Si](C)(C)OCc1cccc(CN2Cc3c(NC(=O)c4ccc(Cl)s4)cccc3C2=O)c1. The number of amides is 2. The topological polar surface area (TPSA) is 58.6 Å². The Morgan fingerprint density at radius 2 is 1.83 bits per heavy atom. The van der Waals surface area contributed by atoms with Crippen LogP contribution in [0.1, 0.15) is 57.5 Å². The van der Waals surface area contributed by atoms with Gasteiger partial charge in [-0.1, -0.05) is 62.7 Å². The van der Waals surface area contributed by atoms with Crippen molar-refractivity contribution in [3.63, 3.8) is 0 Å². The molecule has 184 valence electrons. The molecule has 8 heteroatoms. The maximum Gasteiger partial charge on any atom is 0.265 e. The molecule has 0 unspecified atom stereocenters. The lowest BCUT2D eigenvalue weighted by Crippen LogP contribution is -2.40. The van der Waals surface area contributed by atoms with Crippen molar-refractivity contribution in [2.75, 3.05) is 5.32 Å². The van der Waals surface area contributed by atoms with Gasteiger partial charge >= 0.3 is 0 Å². The Bertz CT molecular complexity index is 1270. The zero-order valence-electron chi connectivity index (χ0n) is 20.8. The summed E-state index contributed by atoms with van der Waals surface area (Å²) in [6.07, 6.45) is 0. The summed E-state index contributed by atoms with van der Waals surface area (Å²) in [5.74, 6) is -0.256. The lowest BCUT2D eigenvalue weighted by molar-refractivity contribution is 0.0766. The smallest absolute Gasteiger partial charge is 0.265 e. The van der Waals surface area contributed by atoms with Gasteiger partial charge in [-0.3, -0.25) is 9.59 Å². The van der Waals surface area contributed by atoms with Gasteiger partial charge in [0.2, 0.25) is 0 Å². The molecule has 0 saturated carbocycles. The Morgan fingerprint density at radius 3 is 2.51 bits per heavy atom. The zero-order valence-corrected chi connectivity index (χ0v) is 23.3. The van der Waals surface area contributed by atoms with Crippen LogP contribution in [0, 0.1) is 0 Å². The Morgan fingerprint density at radius 1 is 1.11 bits per heavy atom. The number of anilines is 1. The number of hydrogen-bond acceptors (Lipinski definition) is 4. The molecular weight excluding hydrogens is 496 g/mol. The van der Waals surface area contributed by atoms with Gasteiger partial charge in [0.25, 0.3) is 11.8 Å². The lowest BCUT2D eigenvalue weighted by atomic mass is 10.1. The molecule has 0 radical (unpaired) electrons. The van der Waals surface area contributed by atoms with Gasteiger partial charge in [-0.25, -0.2) is 0 Å². The highest BCUT2D eigenvalue weighted by Crippen LogP contribution is 2.37. The third-order valence-corrected chi connectivity index (χ3v) is 12.6. The summed E-state index contributed by atoms with van der Waals surface area (Å²) in [7, 11) is -1.84. The molecule has 1 N–H and O–H groups in total. The molecule has 0 saturated heterocycles. The molecule has 0 spiro atoms. The minimum Gasteiger partial charge on any atom is -0.413 e. The zero-order chi connectivity index (χ0) is 25.4. The molecule has 1 aromatic heterocycles. The highest BCUT2D eigenvalue weighted by Gasteiger charge is 2.37. The first-order chi connectivity index (χ1) is 16.4. The summed E-state index contributed by atoms with van der Waals surface area (Å²) in [4.78, 5) is 28.1. The molecular formula is C27H31ClN2O3SSi. The van der Waals surface area contributed by atoms with Crippen molar-refractivity contribution >= 4 is 48.8 Å². The largest absolute Gasteiger partial charge is 0.413 e. The van der Waals surface area contributed by atoms with Gasteiger partial charge in [0, 0.05) is 29.9 Å². The number of rotatable bonds is 7. The van der Waals surface area contributed by atoms with Crippen molar-refractivity contribution in [3.8, 4) is 0 Å². The van der Waals surface area contributed by atoms with Crippen LogP contribution in [0.25, 0.3) is 0 Å². The van der Waals surface area contributed by atoms with Crippen LogP contribution < -0.4 is 5.32 Å². The predicted molar refractivity (Wildman–Crippen MR) is 146 cm³/mol. The van der Waals surface area contributed by atoms with Gasteiger partial charge in [-0.2, -0.15) is 0 Å². The number of carbonyl (C=O) groups excluding carboxylic acids is 2. The van der Waals surface area contributed by atoms with Gasteiger partial charge in [-0.05, 0) is 53.5 Å². The number of nitrogens with zero attached hydrogens (tertiary/aromatic N) is 1. The lowest BCUT2D eigenvalue weighted by Gasteiger charge is -2.36. The van der Waals surface area contributed by atoms with E-state index in [1.165, 1.54) is 11.3 Å². The first kappa shape index (κ1) is 25.6. The highest BCUT2D eigenvalue weighted by molar-refractivity contribution is 7.18. The van der Waals surface area contributed by atoms with Crippen molar-refractivity contribution in [2.45, 2.75) is 58.6 Å². The molecule has 0 atom stereocenters. The molecule has 2 amide bonds. The summed E-state index contributed by atoms with van der Waals surface area (Å²) in [5, 5.41) is 3.10. The molecule has 1 aliphatic rings. The molecule has 2 aromatic carbocycles. The fourth-order valence-electron chi connectivity index (χ4n) is 3.77. The molecule has 4 rings (SSSR count). The Hall–Kier alpha value is -2.45. The summed E-state index contributed by atoms with van der Waals surface area (Å²) in [5.41, 5.74) is 4.29. The molecule has 3 aromatic rings. The number of nitrogens with one attached hydrogen (secondary N) is 1. The minimum absolute atomic E-state index is 0.0295. The highest BCUT2D eigenvalue weighted by atomic mass is 35.5. The van der Waals surface area contributed by atoms with E-state index in [9.17, 15) is 9.59 Å². The van der Waals surface area contributed by atoms with Crippen molar-refractivity contribution < 1.29 is 14.0 Å². The van der Waals surface area contributed by atoms with Crippen molar-refractivity contribution in [1.29, 1.82) is 0 Å². The Balaban J connectivity index is 1.45. The first-order valence-electron chi connectivity index (χ1n) is 11.6. The van der Waals surface area contributed by atoms with E-state index in [4.69, 9.17) is 16.0 Å². The average Bonchev–Trinajstić information content (AvgIpc) is 3.36. The van der Waals surface area contributed by atoms with Crippen molar-refractivity contribution in [2.24, 2.45) is 0 Å². The second-order valence-corrected chi connectivity index (χ2v) is 16.9.